The van der Waals surface area contributed by atoms with Crippen molar-refractivity contribution in [1.29, 1.82) is 0 Å². The van der Waals surface area contributed by atoms with Gasteiger partial charge in [-0.05, 0) is 60.9 Å². The Labute approximate surface area is 223 Å². The minimum Gasteiger partial charge on any atom is -0.341 e. The lowest BCUT2D eigenvalue weighted by atomic mass is 10.1. The fraction of sp³-hybridized carbons (Fsp3) is 0.240. The number of halogens is 2. The maximum Gasteiger partial charge on any atom is 0.253 e. The van der Waals surface area contributed by atoms with Crippen molar-refractivity contribution in [3.05, 3.63) is 86.4 Å². The van der Waals surface area contributed by atoms with E-state index >= 15 is 0 Å². The first-order valence-corrected chi connectivity index (χ1v) is 14.1. The number of carbonyl (C=O) groups excluding carboxylic acids is 2. The Morgan fingerprint density at radius 2 is 2.14 bits per heavy atom. The first-order valence-electron chi connectivity index (χ1n) is 11.3. The van der Waals surface area contributed by atoms with Crippen molar-refractivity contribution in [2.45, 2.75) is 18.9 Å². The Kier molecular flexibility index (Phi) is 8.38. The Balaban J connectivity index is 1.38. The number of aromatic nitrogens is 1. The second kappa shape index (κ2) is 11.5. The third kappa shape index (κ3) is 6.80. The van der Waals surface area contributed by atoms with Crippen molar-refractivity contribution < 1.29 is 22.4 Å². The molecule has 1 fully saturated rings. The van der Waals surface area contributed by atoms with Gasteiger partial charge in [-0.25, -0.2) is 12.8 Å². The second-order valence-corrected chi connectivity index (χ2v) is 11.8. The quantitative estimate of drug-likeness (QED) is 0.426. The van der Waals surface area contributed by atoms with Crippen molar-refractivity contribution in [3.8, 4) is 0 Å². The van der Waals surface area contributed by atoms with E-state index in [9.17, 15) is 22.4 Å². The molecule has 1 aliphatic heterocycles. The van der Waals surface area contributed by atoms with Gasteiger partial charge in [0.1, 0.15) is 11.9 Å². The number of amides is 2. The molecule has 1 aliphatic rings. The number of rotatable bonds is 9. The lowest BCUT2D eigenvalue weighted by molar-refractivity contribution is -0.118. The highest BCUT2D eigenvalue weighted by molar-refractivity contribution is 7.92. The van der Waals surface area contributed by atoms with Gasteiger partial charge in [-0.15, -0.1) is 11.3 Å². The monoisotopic (exact) mass is 562 g/mol. The Hall–Kier alpha value is -3.12. The molecule has 0 spiro atoms. The van der Waals surface area contributed by atoms with Crippen LogP contribution in [0.4, 0.5) is 10.1 Å². The lowest BCUT2D eigenvalue weighted by Crippen LogP contribution is -2.41. The van der Waals surface area contributed by atoms with Crippen LogP contribution in [0.15, 0.2) is 60.3 Å². The largest absolute Gasteiger partial charge is 0.341 e. The van der Waals surface area contributed by atoms with Gasteiger partial charge in [0.15, 0.2) is 0 Å². The van der Waals surface area contributed by atoms with Crippen molar-refractivity contribution >= 4 is 56.5 Å². The third-order valence-corrected chi connectivity index (χ3v) is 8.11. The maximum absolute atomic E-state index is 15.0. The number of nitrogens with one attached hydrogen (secondary N) is 1. The fourth-order valence-corrected chi connectivity index (χ4v) is 5.93. The molecule has 8 nitrogen and oxygen atoms in total. The summed E-state index contributed by atoms with van der Waals surface area (Å²) in [4.78, 5) is 33.0. The summed E-state index contributed by atoms with van der Waals surface area (Å²) in [6.07, 6.45) is 5.56. The molecule has 0 bridgehead atoms. The molecule has 2 aromatic heterocycles. The van der Waals surface area contributed by atoms with Crippen LogP contribution in [0.5, 0.6) is 0 Å². The molecule has 1 N–H and O–H groups in total. The smallest absolute Gasteiger partial charge is 0.253 e. The van der Waals surface area contributed by atoms with Gasteiger partial charge >= 0.3 is 0 Å². The molecule has 3 aromatic rings. The highest BCUT2D eigenvalue weighted by Crippen LogP contribution is 2.27. The van der Waals surface area contributed by atoms with Gasteiger partial charge in [0.05, 0.1) is 10.0 Å². The highest BCUT2D eigenvalue weighted by Gasteiger charge is 2.36. The number of anilines is 1. The van der Waals surface area contributed by atoms with E-state index in [0.29, 0.717) is 22.2 Å². The number of hydrogen-bond acceptors (Lipinski definition) is 6. The van der Waals surface area contributed by atoms with E-state index in [4.69, 9.17) is 11.6 Å². The van der Waals surface area contributed by atoms with E-state index in [1.165, 1.54) is 39.3 Å². The molecule has 1 aromatic carbocycles. The number of benzene rings is 1. The molecule has 0 aliphatic carbocycles. The van der Waals surface area contributed by atoms with E-state index in [1.807, 2.05) is 12.1 Å². The van der Waals surface area contributed by atoms with Crippen LogP contribution >= 0.6 is 22.9 Å². The zero-order chi connectivity index (χ0) is 26.6. The number of hydrogen-bond donors (Lipinski definition) is 1. The number of likely N-dealkylation sites (N-methyl/N-ethyl adjacent to an activating group) is 1. The molecule has 3 heterocycles. The predicted molar refractivity (Wildman–Crippen MR) is 142 cm³/mol. The molecule has 194 valence electrons. The zero-order valence-corrected chi connectivity index (χ0v) is 22.2. The van der Waals surface area contributed by atoms with Crippen LogP contribution in [0.2, 0.25) is 4.34 Å². The van der Waals surface area contributed by atoms with Crippen molar-refractivity contribution in [2.75, 3.05) is 25.0 Å². The van der Waals surface area contributed by atoms with Gasteiger partial charge in [0, 0.05) is 48.4 Å². The van der Waals surface area contributed by atoms with Crippen molar-refractivity contribution in [1.82, 2.24) is 14.6 Å². The van der Waals surface area contributed by atoms with Crippen LogP contribution in [0.3, 0.4) is 0 Å². The minimum atomic E-state index is -3.92. The molecule has 1 unspecified atom stereocenters. The lowest BCUT2D eigenvalue weighted by Gasteiger charge is -2.20. The first-order chi connectivity index (χ1) is 17.6. The maximum atomic E-state index is 15.0. The average Bonchev–Trinajstić information content (AvgIpc) is 3.46. The summed E-state index contributed by atoms with van der Waals surface area (Å²) in [7, 11) is -2.29. The fourth-order valence-electron chi connectivity index (χ4n) is 3.86. The van der Waals surface area contributed by atoms with Crippen LogP contribution < -0.4 is 9.62 Å². The molecule has 1 saturated heterocycles. The first kappa shape index (κ1) is 26.9. The average molecular weight is 563 g/mol. The number of carbonyl (C=O) groups is 2. The molecule has 1 atom stereocenters. The Morgan fingerprint density at radius 3 is 2.81 bits per heavy atom. The molecule has 37 heavy (non-hydrogen) atoms. The van der Waals surface area contributed by atoms with Crippen molar-refractivity contribution in [3.63, 3.8) is 0 Å². The molecule has 2 amide bonds. The Bertz CT molecular complexity index is 1430. The van der Waals surface area contributed by atoms with Gasteiger partial charge in [-0.3, -0.25) is 14.6 Å². The summed E-state index contributed by atoms with van der Waals surface area (Å²) in [5.74, 6) is -1.66. The van der Waals surface area contributed by atoms with Crippen LogP contribution in [-0.4, -0.2) is 56.3 Å². The summed E-state index contributed by atoms with van der Waals surface area (Å²) >= 11 is 7.07. The highest BCUT2D eigenvalue weighted by atomic mass is 35.5. The topological polar surface area (TPSA) is 99.7 Å². The van der Waals surface area contributed by atoms with Gasteiger partial charge in [-0.1, -0.05) is 17.7 Å². The number of nitrogens with zero attached hydrogens (tertiary/aromatic N) is 3. The van der Waals surface area contributed by atoms with E-state index < -0.39 is 27.8 Å². The van der Waals surface area contributed by atoms with Gasteiger partial charge in [0.25, 0.3) is 5.91 Å². The van der Waals surface area contributed by atoms with E-state index in [1.54, 1.807) is 31.6 Å². The summed E-state index contributed by atoms with van der Waals surface area (Å²) in [5, 5.41) is 0.969. The number of thiophene rings is 1. The summed E-state index contributed by atoms with van der Waals surface area (Å²) in [5.41, 5.74) is 1.12. The van der Waals surface area contributed by atoms with E-state index in [0.717, 1.165) is 17.0 Å². The SMILES string of the molecule is CN(CCc1cccnc1)C(=O)c1ccc(N2CCC(NS(=O)(=O)C=Cc3ccc(Cl)s3)C2=O)c(F)c1. The summed E-state index contributed by atoms with van der Waals surface area (Å²) < 4.78 is 42.7. The number of pyridine rings is 1. The van der Waals surface area contributed by atoms with Crippen molar-refractivity contribution in [2.24, 2.45) is 0 Å². The van der Waals surface area contributed by atoms with Gasteiger partial charge in [0.2, 0.25) is 15.9 Å². The summed E-state index contributed by atoms with van der Waals surface area (Å²) in [6, 6.07) is 9.96. The van der Waals surface area contributed by atoms with E-state index in [2.05, 4.69) is 9.71 Å². The molecular weight excluding hydrogens is 539 g/mol. The summed E-state index contributed by atoms with van der Waals surface area (Å²) in [6.45, 7) is 0.555. The van der Waals surface area contributed by atoms with Gasteiger partial charge < -0.3 is 9.80 Å². The third-order valence-electron chi connectivity index (χ3n) is 5.81. The molecule has 12 heteroatoms. The van der Waals surface area contributed by atoms with E-state index in [-0.39, 0.29) is 30.1 Å². The Morgan fingerprint density at radius 1 is 1.32 bits per heavy atom. The number of sulfonamides is 1. The molecule has 0 radical (unpaired) electrons. The van der Waals surface area contributed by atoms with Crippen LogP contribution in [0, 0.1) is 5.82 Å². The zero-order valence-electron chi connectivity index (χ0n) is 19.8. The molecular formula is C25H24ClFN4O4S2. The second-order valence-electron chi connectivity index (χ2n) is 8.44. The standard InChI is InChI=1S/C25H24ClFN4O4S2/c1-30(12-8-17-3-2-11-28-16-17)24(32)18-4-6-22(20(27)15-18)31-13-9-21(25(31)33)29-37(34,35)14-10-19-5-7-23(26)36-19/h2-7,10-11,14-16,21,29H,8-9,12-13H2,1H3. The molecule has 0 saturated carbocycles. The van der Waals surface area contributed by atoms with Crippen LogP contribution in [-0.2, 0) is 21.2 Å². The minimum absolute atomic E-state index is 0.00923. The molecule has 4 rings (SSSR count). The van der Waals surface area contributed by atoms with Crippen LogP contribution in [0.1, 0.15) is 27.2 Å². The van der Waals surface area contributed by atoms with Gasteiger partial charge in [-0.2, -0.15) is 4.72 Å². The normalized spacial score (nSPS) is 16.0. The predicted octanol–water partition coefficient (Wildman–Crippen LogP) is 3.95. The van der Waals surface area contributed by atoms with Crippen LogP contribution in [0.25, 0.3) is 6.08 Å².